The molecule has 1 N–H and O–H groups in total. The van der Waals surface area contributed by atoms with Crippen molar-refractivity contribution in [3.63, 3.8) is 0 Å². The van der Waals surface area contributed by atoms with Crippen molar-refractivity contribution in [2.24, 2.45) is 5.10 Å². The third-order valence-corrected chi connectivity index (χ3v) is 6.33. The van der Waals surface area contributed by atoms with Gasteiger partial charge in [-0.25, -0.2) is 13.8 Å². The highest BCUT2D eigenvalue weighted by molar-refractivity contribution is 7.89. The molecule has 2 aliphatic rings. The standard InChI is InChI=1S/C17H21N3O4S/c21-15-7-4-6-14(12-15)18-19-17(22)13-5-3-8-16(11-13)25(23,24)20-9-1-2-10-20/h3,5,8,11H,1-2,4,6-7,9-10,12H2,(H,19,22)/b18-14+. The van der Waals surface area contributed by atoms with Gasteiger partial charge in [-0.1, -0.05) is 6.07 Å². The van der Waals surface area contributed by atoms with Crippen LogP contribution in [0.25, 0.3) is 0 Å². The van der Waals surface area contributed by atoms with Gasteiger partial charge in [0.2, 0.25) is 10.0 Å². The van der Waals surface area contributed by atoms with Gasteiger partial charge in [-0.3, -0.25) is 9.59 Å². The third-order valence-electron chi connectivity index (χ3n) is 4.44. The van der Waals surface area contributed by atoms with E-state index < -0.39 is 15.9 Å². The fourth-order valence-electron chi connectivity index (χ4n) is 3.06. The van der Waals surface area contributed by atoms with Crippen molar-refractivity contribution in [2.75, 3.05) is 13.1 Å². The zero-order valence-electron chi connectivity index (χ0n) is 13.9. The number of hydrogen-bond donors (Lipinski definition) is 1. The normalized spacial score (nSPS) is 20.8. The maximum Gasteiger partial charge on any atom is 0.271 e. The molecule has 1 aromatic rings. The molecule has 1 aliphatic carbocycles. The Morgan fingerprint density at radius 3 is 2.60 bits per heavy atom. The van der Waals surface area contributed by atoms with Gasteiger partial charge in [0.25, 0.3) is 5.91 Å². The average molecular weight is 363 g/mol. The number of hydrogen-bond acceptors (Lipinski definition) is 5. The van der Waals surface area contributed by atoms with Crippen molar-refractivity contribution in [3.05, 3.63) is 29.8 Å². The Balaban J connectivity index is 1.73. The number of carbonyl (C=O) groups is 2. The number of hydrazone groups is 1. The fourth-order valence-corrected chi connectivity index (χ4v) is 4.62. The Morgan fingerprint density at radius 1 is 1.12 bits per heavy atom. The predicted octanol–water partition coefficient (Wildman–Crippen LogP) is 1.70. The highest BCUT2D eigenvalue weighted by Crippen LogP contribution is 2.21. The highest BCUT2D eigenvalue weighted by Gasteiger charge is 2.27. The summed E-state index contributed by atoms with van der Waals surface area (Å²) < 4.78 is 26.6. The minimum absolute atomic E-state index is 0.113. The molecule has 1 amide bonds. The van der Waals surface area contributed by atoms with E-state index in [1.165, 1.54) is 16.4 Å². The summed E-state index contributed by atoms with van der Waals surface area (Å²) in [5, 5.41) is 4.02. The number of amides is 1. The predicted molar refractivity (Wildman–Crippen MR) is 92.8 cm³/mol. The molecule has 1 aromatic carbocycles. The lowest BCUT2D eigenvalue weighted by Crippen LogP contribution is -2.28. The van der Waals surface area contributed by atoms with E-state index in [9.17, 15) is 18.0 Å². The molecule has 0 radical (unpaired) electrons. The zero-order chi connectivity index (χ0) is 17.9. The molecule has 134 valence electrons. The lowest BCUT2D eigenvalue weighted by atomic mass is 9.97. The molecule has 1 saturated carbocycles. The summed E-state index contributed by atoms with van der Waals surface area (Å²) in [5.74, 6) is -0.359. The van der Waals surface area contributed by atoms with Crippen LogP contribution in [-0.4, -0.2) is 43.2 Å². The molecule has 25 heavy (non-hydrogen) atoms. The van der Waals surface area contributed by atoms with Gasteiger partial charge >= 0.3 is 0 Å². The van der Waals surface area contributed by atoms with E-state index >= 15 is 0 Å². The molecule has 8 heteroatoms. The summed E-state index contributed by atoms with van der Waals surface area (Å²) in [5.41, 5.74) is 3.31. The number of ketones is 1. The van der Waals surface area contributed by atoms with E-state index in [-0.39, 0.29) is 22.7 Å². The van der Waals surface area contributed by atoms with Crippen LogP contribution in [0.15, 0.2) is 34.3 Å². The first kappa shape index (κ1) is 17.8. The van der Waals surface area contributed by atoms with Crippen LogP contribution >= 0.6 is 0 Å². The maximum absolute atomic E-state index is 12.6. The number of nitrogens with zero attached hydrogens (tertiary/aromatic N) is 2. The van der Waals surface area contributed by atoms with Crippen LogP contribution in [0, 0.1) is 0 Å². The van der Waals surface area contributed by atoms with Gasteiger partial charge < -0.3 is 0 Å². The molecule has 0 spiro atoms. The summed E-state index contributed by atoms with van der Waals surface area (Å²) in [6.45, 7) is 1.03. The van der Waals surface area contributed by atoms with Crippen molar-refractivity contribution < 1.29 is 18.0 Å². The second kappa shape index (κ2) is 7.45. The van der Waals surface area contributed by atoms with Gasteiger partial charge in [0, 0.05) is 37.2 Å². The Hall–Kier alpha value is -2.06. The molecular weight excluding hydrogens is 342 g/mol. The average Bonchev–Trinajstić information content (AvgIpc) is 3.15. The van der Waals surface area contributed by atoms with Crippen LogP contribution in [-0.2, 0) is 14.8 Å². The minimum Gasteiger partial charge on any atom is -0.299 e. The Bertz CT molecular complexity index is 811. The molecular formula is C17H21N3O4S. The Labute approximate surface area is 147 Å². The van der Waals surface area contributed by atoms with Crippen LogP contribution in [0.4, 0.5) is 0 Å². The molecule has 0 aromatic heterocycles. The highest BCUT2D eigenvalue weighted by atomic mass is 32.2. The van der Waals surface area contributed by atoms with Crippen LogP contribution < -0.4 is 5.43 Å². The van der Waals surface area contributed by atoms with Crippen molar-refractivity contribution in [2.45, 2.75) is 43.4 Å². The molecule has 0 bridgehead atoms. The summed E-state index contributed by atoms with van der Waals surface area (Å²) in [7, 11) is -3.56. The lowest BCUT2D eigenvalue weighted by Gasteiger charge is -2.16. The SMILES string of the molecule is O=C1CCC/C(=N\NC(=O)c2cccc(S(=O)(=O)N3CCCC3)c2)C1. The topological polar surface area (TPSA) is 95.9 Å². The molecule has 2 fully saturated rings. The smallest absolute Gasteiger partial charge is 0.271 e. The van der Waals surface area contributed by atoms with E-state index in [2.05, 4.69) is 10.5 Å². The fraction of sp³-hybridized carbons (Fsp3) is 0.471. The number of carbonyl (C=O) groups excluding carboxylic acids is 2. The van der Waals surface area contributed by atoms with Gasteiger partial charge in [-0.2, -0.15) is 9.41 Å². The van der Waals surface area contributed by atoms with Crippen LogP contribution in [0.3, 0.4) is 0 Å². The molecule has 0 unspecified atom stereocenters. The number of sulfonamides is 1. The van der Waals surface area contributed by atoms with Crippen LogP contribution in [0.1, 0.15) is 48.9 Å². The first-order valence-corrected chi connectivity index (χ1v) is 9.88. The third kappa shape index (κ3) is 4.13. The van der Waals surface area contributed by atoms with Crippen molar-refractivity contribution >= 4 is 27.4 Å². The number of rotatable bonds is 4. The van der Waals surface area contributed by atoms with Gasteiger partial charge in [0.05, 0.1) is 4.90 Å². The lowest BCUT2D eigenvalue weighted by molar-refractivity contribution is -0.118. The molecule has 3 rings (SSSR count). The number of nitrogens with one attached hydrogen (secondary N) is 1. The summed E-state index contributed by atoms with van der Waals surface area (Å²) in [6.07, 6.45) is 3.98. The van der Waals surface area contributed by atoms with Crippen LogP contribution in [0.2, 0.25) is 0 Å². The second-order valence-corrected chi connectivity index (χ2v) is 8.26. The molecule has 7 nitrogen and oxygen atoms in total. The van der Waals surface area contributed by atoms with Crippen LogP contribution in [0.5, 0.6) is 0 Å². The van der Waals surface area contributed by atoms with Gasteiger partial charge in [-0.15, -0.1) is 0 Å². The zero-order valence-corrected chi connectivity index (χ0v) is 14.7. The first-order valence-electron chi connectivity index (χ1n) is 8.44. The minimum atomic E-state index is -3.56. The second-order valence-electron chi connectivity index (χ2n) is 6.33. The Kier molecular flexibility index (Phi) is 5.29. The largest absolute Gasteiger partial charge is 0.299 e. The van der Waals surface area contributed by atoms with Gasteiger partial charge in [0.1, 0.15) is 5.78 Å². The van der Waals surface area contributed by atoms with E-state index in [0.29, 0.717) is 31.6 Å². The van der Waals surface area contributed by atoms with Gasteiger partial charge in [-0.05, 0) is 43.9 Å². The maximum atomic E-state index is 12.6. The first-order chi connectivity index (χ1) is 12.0. The summed E-state index contributed by atoms with van der Waals surface area (Å²) >= 11 is 0. The Morgan fingerprint density at radius 2 is 1.88 bits per heavy atom. The molecule has 0 atom stereocenters. The summed E-state index contributed by atoms with van der Waals surface area (Å²) in [6, 6.07) is 5.96. The quantitative estimate of drug-likeness (QED) is 0.824. The van der Waals surface area contributed by atoms with Crippen molar-refractivity contribution in [1.29, 1.82) is 0 Å². The van der Waals surface area contributed by atoms with Gasteiger partial charge in [0.15, 0.2) is 0 Å². The van der Waals surface area contributed by atoms with E-state index in [4.69, 9.17) is 0 Å². The number of benzene rings is 1. The molecule has 1 aliphatic heterocycles. The monoisotopic (exact) mass is 363 g/mol. The van der Waals surface area contributed by atoms with E-state index in [1.54, 1.807) is 12.1 Å². The van der Waals surface area contributed by atoms with Crippen molar-refractivity contribution in [3.8, 4) is 0 Å². The number of Topliss-reactive ketones (excluding diaryl/α,β-unsaturated/α-hetero) is 1. The molecule has 1 heterocycles. The van der Waals surface area contributed by atoms with Crippen molar-refractivity contribution in [1.82, 2.24) is 9.73 Å². The molecule has 1 saturated heterocycles. The van der Waals surface area contributed by atoms with E-state index in [0.717, 1.165) is 19.3 Å². The van der Waals surface area contributed by atoms with E-state index in [1.807, 2.05) is 0 Å². The summed E-state index contributed by atoms with van der Waals surface area (Å²) in [4.78, 5) is 23.8.